The first-order valence-electron chi connectivity index (χ1n) is 5.55. The molecule has 0 aromatic heterocycles. The van der Waals surface area contributed by atoms with Crippen LogP contribution in [0.25, 0.3) is 0 Å². The molecule has 3 unspecified atom stereocenters. The van der Waals surface area contributed by atoms with Gasteiger partial charge in [-0.15, -0.1) is 0 Å². The Morgan fingerprint density at radius 1 is 1.53 bits per heavy atom. The van der Waals surface area contributed by atoms with E-state index in [0.717, 1.165) is 13.0 Å². The number of hydrogen-bond acceptors (Lipinski definition) is 3. The molecule has 1 aliphatic heterocycles. The van der Waals surface area contributed by atoms with Gasteiger partial charge < -0.3 is 11.1 Å². The van der Waals surface area contributed by atoms with Crippen LogP contribution in [0, 0.1) is 11.8 Å². The summed E-state index contributed by atoms with van der Waals surface area (Å²) in [5.41, 5.74) is 5.71. The minimum atomic E-state index is 0.00839. The molecule has 3 atom stereocenters. The summed E-state index contributed by atoms with van der Waals surface area (Å²) < 4.78 is 0. The maximum Gasteiger partial charge on any atom is 0.227 e. The van der Waals surface area contributed by atoms with Crippen molar-refractivity contribution in [2.45, 2.75) is 18.9 Å². The number of amides is 1. The van der Waals surface area contributed by atoms with Gasteiger partial charge in [-0.1, -0.05) is 12.2 Å². The van der Waals surface area contributed by atoms with Crippen LogP contribution in [0.15, 0.2) is 12.2 Å². The Morgan fingerprint density at radius 2 is 2.40 bits per heavy atom. The van der Waals surface area contributed by atoms with Gasteiger partial charge in [-0.25, -0.2) is 0 Å². The molecular formula is C11H18N2OS. The third-order valence-corrected chi connectivity index (χ3v) is 4.27. The van der Waals surface area contributed by atoms with Gasteiger partial charge in [-0.3, -0.25) is 4.79 Å². The molecule has 0 spiro atoms. The van der Waals surface area contributed by atoms with Crippen LogP contribution in [0.4, 0.5) is 0 Å². The van der Waals surface area contributed by atoms with Crippen molar-refractivity contribution in [3.05, 3.63) is 12.2 Å². The molecule has 0 saturated carbocycles. The summed E-state index contributed by atoms with van der Waals surface area (Å²) >= 11 is 1.98. The molecule has 0 radical (unpaired) electrons. The largest absolute Gasteiger partial charge is 0.355 e. The van der Waals surface area contributed by atoms with E-state index in [1.54, 1.807) is 0 Å². The topological polar surface area (TPSA) is 55.1 Å². The lowest BCUT2D eigenvalue weighted by Crippen LogP contribution is -2.34. The Balaban J connectivity index is 1.70. The first-order valence-corrected chi connectivity index (χ1v) is 6.70. The van der Waals surface area contributed by atoms with Crippen LogP contribution in [0.1, 0.15) is 12.8 Å². The summed E-state index contributed by atoms with van der Waals surface area (Å²) in [6.45, 7) is 0.839. The minimum absolute atomic E-state index is 0.00839. The lowest BCUT2D eigenvalue weighted by molar-refractivity contribution is -0.123. The van der Waals surface area contributed by atoms with Crippen molar-refractivity contribution < 1.29 is 4.79 Å². The summed E-state index contributed by atoms with van der Waals surface area (Å²) in [6.07, 6.45) is 5.87. The van der Waals surface area contributed by atoms with Gasteiger partial charge in [-0.05, 0) is 30.3 Å². The third-order valence-electron chi connectivity index (χ3n) is 3.04. The molecule has 84 valence electrons. The van der Waals surface area contributed by atoms with E-state index >= 15 is 0 Å². The first-order chi connectivity index (χ1) is 7.25. The summed E-state index contributed by atoms with van der Waals surface area (Å²) in [6, 6.07) is 0.0720. The second-order valence-corrected chi connectivity index (χ2v) is 5.52. The van der Waals surface area contributed by atoms with E-state index in [1.165, 1.54) is 17.9 Å². The van der Waals surface area contributed by atoms with Crippen LogP contribution < -0.4 is 11.1 Å². The summed E-state index contributed by atoms with van der Waals surface area (Å²) in [5.74, 6) is 3.28. The van der Waals surface area contributed by atoms with Crippen molar-refractivity contribution in [3.8, 4) is 0 Å². The quantitative estimate of drug-likeness (QED) is 0.699. The number of nitrogens with one attached hydrogen (secondary N) is 1. The van der Waals surface area contributed by atoms with E-state index in [-0.39, 0.29) is 17.9 Å². The SMILES string of the molecule is NC1C=CC(C(=O)NCC2CCSC2)C1. The number of nitrogens with two attached hydrogens (primary N) is 1. The van der Waals surface area contributed by atoms with E-state index in [1.807, 2.05) is 23.9 Å². The summed E-state index contributed by atoms with van der Waals surface area (Å²) in [7, 11) is 0. The van der Waals surface area contributed by atoms with Crippen molar-refractivity contribution in [3.63, 3.8) is 0 Å². The molecule has 4 heteroatoms. The molecule has 15 heavy (non-hydrogen) atoms. The number of thioether (sulfide) groups is 1. The van der Waals surface area contributed by atoms with Crippen molar-refractivity contribution >= 4 is 17.7 Å². The highest BCUT2D eigenvalue weighted by atomic mass is 32.2. The second kappa shape index (κ2) is 5.03. The molecule has 2 rings (SSSR count). The fraction of sp³-hybridized carbons (Fsp3) is 0.727. The van der Waals surface area contributed by atoms with Crippen molar-refractivity contribution in [2.75, 3.05) is 18.1 Å². The van der Waals surface area contributed by atoms with E-state index < -0.39 is 0 Å². The molecule has 3 N–H and O–H groups in total. The van der Waals surface area contributed by atoms with E-state index in [2.05, 4.69) is 5.32 Å². The zero-order valence-electron chi connectivity index (χ0n) is 8.82. The summed E-state index contributed by atoms with van der Waals surface area (Å²) in [5, 5.41) is 3.03. The molecule has 1 fully saturated rings. The van der Waals surface area contributed by atoms with Crippen LogP contribution in [0.2, 0.25) is 0 Å². The molecule has 1 heterocycles. The lowest BCUT2D eigenvalue weighted by atomic mass is 10.1. The van der Waals surface area contributed by atoms with Gasteiger partial charge in [0.15, 0.2) is 0 Å². The van der Waals surface area contributed by atoms with Gasteiger partial charge in [0.2, 0.25) is 5.91 Å². The molecule has 0 aromatic rings. The first kappa shape index (κ1) is 11.0. The Kier molecular flexibility index (Phi) is 3.70. The molecule has 1 saturated heterocycles. The average Bonchev–Trinajstić information content (AvgIpc) is 2.84. The normalized spacial score (nSPS) is 34.6. The zero-order chi connectivity index (χ0) is 10.7. The molecular weight excluding hydrogens is 208 g/mol. The van der Waals surface area contributed by atoms with Crippen LogP contribution in [0.3, 0.4) is 0 Å². The highest BCUT2D eigenvalue weighted by Gasteiger charge is 2.23. The van der Waals surface area contributed by atoms with Gasteiger partial charge in [0.25, 0.3) is 0 Å². The minimum Gasteiger partial charge on any atom is -0.355 e. The highest BCUT2D eigenvalue weighted by molar-refractivity contribution is 7.99. The fourth-order valence-electron chi connectivity index (χ4n) is 2.04. The molecule has 1 amide bonds. The Labute approximate surface area is 94.9 Å². The van der Waals surface area contributed by atoms with Gasteiger partial charge in [0, 0.05) is 12.6 Å². The maximum absolute atomic E-state index is 11.7. The lowest BCUT2D eigenvalue weighted by Gasteiger charge is -2.13. The number of rotatable bonds is 3. The van der Waals surface area contributed by atoms with Crippen molar-refractivity contribution in [1.82, 2.24) is 5.32 Å². The van der Waals surface area contributed by atoms with Crippen LogP contribution in [0.5, 0.6) is 0 Å². The number of hydrogen-bond donors (Lipinski definition) is 2. The Bertz CT molecular complexity index is 261. The van der Waals surface area contributed by atoms with E-state index in [0.29, 0.717) is 5.92 Å². The Morgan fingerprint density at radius 3 is 3.00 bits per heavy atom. The molecule has 1 aliphatic carbocycles. The van der Waals surface area contributed by atoms with Crippen LogP contribution in [-0.2, 0) is 4.79 Å². The van der Waals surface area contributed by atoms with Gasteiger partial charge in [-0.2, -0.15) is 11.8 Å². The number of carbonyl (C=O) groups is 1. The molecule has 0 bridgehead atoms. The third kappa shape index (κ3) is 2.98. The zero-order valence-corrected chi connectivity index (χ0v) is 9.63. The van der Waals surface area contributed by atoms with Crippen molar-refractivity contribution in [1.29, 1.82) is 0 Å². The maximum atomic E-state index is 11.7. The smallest absolute Gasteiger partial charge is 0.227 e. The predicted octanol–water partition coefficient (Wildman–Crippen LogP) is 0.759. The van der Waals surface area contributed by atoms with Crippen LogP contribution in [-0.4, -0.2) is 30.0 Å². The van der Waals surface area contributed by atoms with E-state index in [9.17, 15) is 4.79 Å². The molecule has 3 nitrogen and oxygen atoms in total. The number of carbonyl (C=O) groups excluding carboxylic acids is 1. The fourth-order valence-corrected chi connectivity index (χ4v) is 3.33. The van der Waals surface area contributed by atoms with Crippen LogP contribution >= 0.6 is 11.8 Å². The highest BCUT2D eigenvalue weighted by Crippen LogP contribution is 2.23. The van der Waals surface area contributed by atoms with Gasteiger partial charge in [0.05, 0.1) is 5.92 Å². The van der Waals surface area contributed by atoms with Gasteiger partial charge in [0.1, 0.15) is 0 Å². The predicted molar refractivity (Wildman–Crippen MR) is 63.7 cm³/mol. The molecule has 2 aliphatic rings. The average molecular weight is 226 g/mol. The second-order valence-electron chi connectivity index (χ2n) is 4.37. The molecule has 0 aromatic carbocycles. The standard InChI is InChI=1S/C11H18N2OS/c12-10-2-1-9(5-10)11(14)13-6-8-3-4-15-7-8/h1-2,8-10H,3-7,12H2,(H,13,14). The van der Waals surface area contributed by atoms with E-state index in [4.69, 9.17) is 5.73 Å². The van der Waals surface area contributed by atoms with Crippen molar-refractivity contribution in [2.24, 2.45) is 17.6 Å². The summed E-state index contributed by atoms with van der Waals surface area (Å²) in [4.78, 5) is 11.7. The monoisotopic (exact) mass is 226 g/mol. The van der Waals surface area contributed by atoms with Gasteiger partial charge >= 0.3 is 0 Å². The Hall–Kier alpha value is -0.480.